The second-order valence-corrected chi connectivity index (χ2v) is 30.5. The van der Waals surface area contributed by atoms with Crippen LogP contribution in [0.5, 0.6) is 0 Å². The third kappa shape index (κ3) is 7.32. The van der Waals surface area contributed by atoms with Gasteiger partial charge in [-0.25, -0.2) is 0 Å². The average Bonchev–Trinajstić information content (AvgIpc) is 1.18. The predicted molar refractivity (Wildman–Crippen MR) is 400 cm³/mol. The molecule has 4 aliphatic rings. The molecule has 0 radical (unpaired) electrons. The molecule has 6 heterocycles. The Kier molecular flexibility index (Phi) is 10.8. The van der Waals surface area contributed by atoms with Crippen LogP contribution in [0.25, 0.3) is 104 Å². The van der Waals surface area contributed by atoms with Crippen LogP contribution in [0.1, 0.15) is 103 Å². The van der Waals surface area contributed by atoms with Gasteiger partial charge in [0.25, 0.3) is 6.71 Å². The number of fused-ring (bicyclic) bond motifs is 18. The van der Waals surface area contributed by atoms with Gasteiger partial charge in [-0.05, 0) is 200 Å². The minimum atomic E-state index is -0.131. The van der Waals surface area contributed by atoms with E-state index in [9.17, 15) is 0 Å². The number of hydrogen-bond acceptors (Lipinski definition) is 2. The lowest BCUT2D eigenvalue weighted by Crippen LogP contribution is -2.61. The Morgan fingerprint density at radius 1 is 0.277 bits per heavy atom. The molecule has 0 fully saturated rings. The Hall–Kier alpha value is -10.3. The maximum atomic E-state index is 2.70. The largest absolute Gasteiger partial charge is 0.311 e. The summed E-state index contributed by atoms with van der Waals surface area (Å²) in [5.74, 6) is 0. The first-order valence-electron chi connectivity index (χ1n) is 34.1. The number of benzene rings is 12. The number of nitrogens with zero attached hydrogens (tertiary/aromatic N) is 5. The van der Waals surface area contributed by atoms with Crippen molar-refractivity contribution in [3.63, 3.8) is 0 Å². The van der Waals surface area contributed by atoms with Crippen molar-refractivity contribution in [2.75, 3.05) is 9.80 Å². The molecule has 16 aromatic rings. The minimum Gasteiger partial charge on any atom is -0.311 e. The molecular weight excluding hydrogens is 1140 g/mol. The third-order valence-electron chi connectivity index (χ3n) is 23.5. The third-order valence-corrected chi connectivity index (χ3v) is 23.5. The van der Waals surface area contributed by atoms with Gasteiger partial charge in [0.2, 0.25) is 0 Å². The second kappa shape index (κ2) is 18.7. The van der Waals surface area contributed by atoms with E-state index in [0.29, 0.717) is 0 Å². The fourth-order valence-corrected chi connectivity index (χ4v) is 18.4. The first kappa shape index (κ1) is 54.3. The van der Waals surface area contributed by atoms with E-state index in [2.05, 4.69) is 321 Å². The Labute approximate surface area is 549 Å². The molecular formula is C88H72BN5. The van der Waals surface area contributed by atoms with Gasteiger partial charge in [0.1, 0.15) is 0 Å². The zero-order valence-corrected chi connectivity index (χ0v) is 54.7. The zero-order chi connectivity index (χ0) is 63.1. The molecule has 2 aliphatic heterocycles. The lowest BCUT2D eigenvalue weighted by molar-refractivity contribution is 0.332. The molecule has 2 aliphatic carbocycles. The monoisotopic (exact) mass is 1210 g/mol. The average molecular weight is 1210 g/mol. The van der Waals surface area contributed by atoms with Crippen molar-refractivity contribution >= 4 is 139 Å². The van der Waals surface area contributed by atoms with Crippen molar-refractivity contribution in [3.8, 4) is 22.5 Å². The van der Waals surface area contributed by atoms with Crippen molar-refractivity contribution in [2.45, 2.75) is 103 Å². The molecule has 0 unspecified atom stereocenters. The van der Waals surface area contributed by atoms with E-state index < -0.39 is 0 Å². The fraction of sp³-hybridized carbons (Fsp3) is 0.182. The Balaban J connectivity index is 0.922. The van der Waals surface area contributed by atoms with Gasteiger partial charge in [-0.3, -0.25) is 0 Å². The molecule has 0 spiro atoms. The van der Waals surface area contributed by atoms with Crippen molar-refractivity contribution in [1.29, 1.82) is 0 Å². The van der Waals surface area contributed by atoms with Gasteiger partial charge in [-0.2, -0.15) is 0 Å². The summed E-state index contributed by atoms with van der Waals surface area (Å²) in [5.41, 5.74) is 30.2. The highest BCUT2D eigenvalue weighted by Crippen LogP contribution is 2.54. The van der Waals surface area contributed by atoms with Crippen LogP contribution < -0.4 is 26.2 Å². The van der Waals surface area contributed by atoms with Crippen LogP contribution in [0.2, 0.25) is 0 Å². The van der Waals surface area contributed by atoms with Crippen LogP contribution in [0.3, 0.4) is 0 Å². The van der Waals surface area contributed by atoms with E-state index in [1.165, 1.54) is 166 Å². The van der Waals surface area contributed by atoms with Crippen molar-refractivity contribution in [2.24, 2.45) is 0 Å². The molecule has 94 heavy (non-hydrogen) atoms. The van der Waals surface area contributed by atoms with Gasteiger partial charge in [-0.15, -0.1) is 0 Å². The van der Waals surface area contributed by atoms with Crippen LogP contribution in [0.4, 0.5) is 34.1 Å². The maximum absolute atomic E-state index is 2.70. The molecule has 0 amide bonds. The van der Waals surface area contributed by atoms with E-state index >= 15 is 0 Å². The predicted octanol–water partition coefficient (Wildman–Crippen LogP) is 21.5. The Morgan fingerprint density at radius 3 is 1.11 bits per heavy atom. The van der Waals surface area contributed by atoms with Gasteiger partial charge in [0.15, 0.2) is 0 Å². The molecule has 4 aromatic heterocycles. The van der Waals surface area contributed by atoms with E-state index in [1.54, 1.807) is 0 Å². The van der Waals surface area contributed by atoms with E-state index in [1.807, 2.05) is 0 Å². The Bertz CT molecular complexity index is 5600. The standard InChI is InChI=1S/C88H72BN5/c1-85(2)42-44-87(5,6)69-49-55(33-37-67(69)85)92-79-51-57(90-73-27-14-9-20-59(73)60-21-10-15-28-74(60)90)35-39-71(79)89-72-40-36-58(91-75-29-16-11-22-61(75)62-23-12-17-30-76(62)91)52-80(72)93(56-34-38-68-70(50-56)88(7,8)45-43-86(68,3)4)82-48-54(47-81(92)83(82)89)53-32-41-78-66(46-53)65-26-19-25-64-63-24-13-18-31-77(63)94(78)84(64)65/h9-41,46-52H,42-45H2,1-8H3. The molecule has 0 saturated carbocycles. The summed E-state index contributed by atoms with van der Waals surface area (Å²) in [6.45, 7) is 19.6. The SMILES string of the molecule is CC1(C)CCC(C)(C)c2cc(N3c4cc(-n5c6ccccc6c6ccccc65)ccc4B4c5ccc(-n6c7ccccc7c7ccccc76)cc5N(c5ccc6c(c5)C(C)(C)CCC6(C)C)c5cc(-c6ccc7c(c6)c6cccc8c9ccccc9n7c86)cc3c54)ccc21. The van der Waals surface area contributed by atoms with Crippen molar-refractivity contribution < 1.29 is 0 Å². The quantitative estimate of drug-likeness (QED) is 0.160. The van der Waals surface area contributed by atoms with Crippen molar-refractivity contribution in [1.82, 2.24) is 13.5 Å². The number of anilines is 6. The highest BCUT2D eigenvalue weighted by Gasteiger charge is 2.46. The molecule has 12 aromatic carbocycles. The van der Waals surface area contributed by atoms with E-state index in [4.69, 9.17) is 0 Å². The smallest absolute Gasteiger partial charge is 0.252 e. The van der Waals surface area contributed by atoms with E-state index in [0.717, 1.165) is 37.1 Å². The van der Waals surface area contributed by atoms with Crippen LogP contribution in [-0.2, 0) is 21.7 Å². The summed E-state index contributed by atoms with van der Waals surface area (Å²) in [6.07, 6.45) is 4.56. The minimum absolute atomic E-state index is 0.0235. The first-order chi connectivity index (χ1) is 45.6. The maximum Gasteiger partial charge on any atom is 0.252 e. The lowest BCUT2D eigenvalue weighted by atomic mass is 9.33. The summed E-state index contributed by atoms with van der Waals surface area (Å²) in [5, 5.41) is 10.2. The van der Waals surface area contributed by atoms with Crippen LogP contribution in [-0.4, -0.2) is 20.2 Å². The molecule has 6 heteroatoms. The normalized spacial score (nSPS) is 16.6. The first-order valence-corrected chi connectivity index (χ1v) is 34.1. The van der Waals surface area contributed by atoms with Crippen LogP contribution in [0.15, 0.2) is 243 Å². The summed E-state index contributed by atoms with van der Waals surface area (Å²) >= 11 is 0. The summed E-state index contributed by atoms with van der Waals surface area (Å²) in [7, 11) is 0. The highest BCUT2D eigenvalue weighted by molar-refractivity contribution is 7.00. The molecule has 452 valence electrons. The molecule has 20 rings (SSSR count). The van der Waals surface area contributed by atoms with Gasteiger partial charge < -0.3 is 23.3 Å². The van der Waals surface area contributed by atoms with E-state index in [-0.39, 0.29) is 28.4 Å². The number of hydrogen-bond donors (Lipinski definition) is 0. The molecule has 0 bridgehead atoms. The molecule has 0 N–H and O–H groups in total. The number of para-hydroxylation sites is 6. The lowest BCUT2D eigenvalue weighted by Gasteiger charge is -2.46. The van der Waals surface area contributed by atoms with Crippen molar-refractivity contribution in [3.05, 3.63) is 265 Å². The summed E-state index contributed by atoms with van der Waals surface area (Å²) in [4.78, 5) is 5.40. The summed E-state index contributed by atoms with van der Waals surface area (Å²) in [6, 6.07) is 94.2. The fourth-order valence-electron chi connectivity index (χ4n) is 18.4. The van der Waals surface area contributed by atoms with Gasteiger partial charge in [0, 0.05) is 88.6 Å². The zero-order valence-electron chi connectivity index (χ0n) is 54.7. The highest BCUT2D eigenvalue weighted by atomic mass is 15.2. The topological polar surface area (TPSA) is 20.8 Å². The van der Waals surface area contributed by atoms with Gasteiger partial charge >= 0.3 is 0 Å². The van der Waals surface area contributed by atoms with Gasteiger partial charge in [0.05, 0.1) is 38.6 Å². The molecule has 0 atom stereocenters. The van der Waals surface area contributed by atoms with Crippen LogP contribution >= 0.6 is 0 Å². The number of rotatable bonds is 5. The second-order valence-electron chi connectivity index (χ2n) is 30.5. The van der Waals surface area contributed by atoms with Gasteiger partial charge in [-0.1, -0.05) is 195 Å². The summed E-state index contributed by atoms with van der Waals surface area (Å²) < 4.78 is 7.53. The Morgan fingerprint density at radius 2 is 0.649 bits per heavy atom. The molecule has 0 saturated heterocycles. The number of aromatic nitrogens is 3. The molecule has 5 nitrogen and oxygen atoms in total. The van der Waals surface area contributed by atoms with Crippen LogP contribution in [0, 0.1) is 0 Å².